The average Bonchev–Trinajstić information content (AvgIpc) is 3.00. The fourth-order valence-corrected chi connectivity index (χ4v) is 4.72. The van der Waals surface area contributed by atoms with Gasteiger partial charge >= 0.3 is 0 Å². The number of piperazine rings is 1. The molecular formula is C30H36ClN5O4. The maximum atomic E-state index is 13.3. The standard InChI is InChI=1S/C30H36ClN5O4/c1-5-21(2)19-36(30(38)22-6-8-23(31)9-7-22)20-29(37)35-16-14-34(15-17-35)28-13-12-26(32-33-28)25-11-10-24(39-3)18-27(25)40-4/h6-13,18,21H,5,14-17,19-20H2,1-4H3. The molecule has 212 valence electrons. The molecule has 9 nitrogen and oxygen atoms in total. The summed E-state index contributed by atoms with van der Waals surface area (Å²) in [4.78, 5) is 32.1. The normalized spacial score (nSPS) is 14.0. The molecule has 4 rings (SSSR count). The fourth-order valence-electron chi connectivity index (χ4n) is 4.60. The topological polar surface area (TPSA) is 88.1 Å². The van der Waals surface area contributed by atoms with Crippen LogP contribution in [0.2, 0.25) is 5.02 Å². The molecule has 10 heteroatoms. The molecule has 0 spiro atoms. The van der Waals surface area contributed by atoms with E-state index in [-0.39, 0.29) is 24.3 Å². The van der Waals surface area contributed by atoms with Gasteiger partial charge in [-0.25, -0.2) is 0 Å². The molecule has 1 aliphatic rings. The smallest absolute Gasteiger partial charge is 0.254 e. The molecule has 0 N–H and O–H groups in total. The molecule has 1 saturated heterocycles. The first-order valence-corrected chi connectivity index (χ1v) is 13.8. The van der Waals surface area contributed by atoms with Crippen LogP contribution in [0.1, 0.15) is 30.6 Å². The Morgan fingerprint density at radius 1 is 0.975 bits per heavy atom. The molecule has 0 bridgehead atoms. The van der Waals surface area contributed by atoms with Gasteiger partial charge in [-0.2, -0.15) is 0 Å². The van der Waals surface area contributed by atoms with Crippen molar-refractivity contribution in [2.45, 2.75) is 20.3 Å². The maximum Gasteiger partial charge on any atom is 0.254 e. The SMILES string of the molecule is CCC(C)CN(CC(=O)N1CCN(c2ccc(-c3ccc(OC)cc3OC)nn2)CC1)C(=O)c1ccc(Cl)cc1. The van der Waals surface area contributed by atoms with Crippen molar-refractivity contribution >= 4 is 29.2 Å². The summed E-state index contributed by atoms with van der Waals surface area (Å²) < 4.78 is 10.8. The van der Waals surface area contributed by atoms with E-state index in [0.29, 0.717) is 60.5 Å². The summed E-state index contributed by atoms with van der Waals surface area (Å²) in [7, 11) is 3.22. The molecule has 2 heterocycles. The van der Waals surface area contributed by atoms with Crippen molar-refractivity contribution in [1.29, 1.82) is 0 Å². The number of nitrogens with zero attached hydrogens (tertiary/aromatic N) is 5. The second-order valence-corrected chi connectivity index (χ2v) is 10.4. The summed E-state index contributed by atoms with van der Waals surface area (Å²) in [6, 6.07) is 16.2. The highest BCUT2D eigenvalue weighted by atomic mass is 35.5. The van der Waals surface area contributed by atoms with Gasteiger partial charge in [0, 0.05) is 54.9 Å². The molecule has 3 aromatic rings. The average molecular weight is 566 g/mol. The molecule has 1 unspecified atom stereocenters. The van der Waals surface area contributed by atoms with Crippen LogP contribution in [0.15, 0.2) is 54.6 Å². The Balaban J connectivity index is 1.37. The maximum absolute atomic E-state index is 13.3. The van der Waals surface area contributed by atoms with Crippen LogP contribution < -0.4 is 14.4 Å². The lowest BCUT2D eigenvalue weighted by Gasteiger charge is -2.36. The van der Waals surface area contributed by atoms with Crippen molar-refractivity contribution in [3.63, 3.8) is 0 Å². The van der Waals surface area contributed by atoms with Crippen LogP contribution in [-0.4, -0.2) is 85.3 Å². The quantitative estimate of drug-likeness (QED) is 0.353. The number of halogens is 1. The van der Waals surface area contributed by atoms with E-state index in [0.717, 1.165) is 17.8 Å². The van der Waals surface area contributed by atoms with Gasteiger partial charge in [0.2, 0.25) is 5.91 Å². The summed E-state index contributed by atoms with van der Waals surface area (Å²) in [5, 5.41) is 9.44. The molecule has 1 atom stereocenters. The highest BCUT2D eigenvalue weighted by Gasteiger charge is 2.27. The van der Waals surface area contributed by atoms with E-state index >= 15 is 0 Å². The van der Waals surface area contributed by atoms with Crippen LogP contribution >= 0.6 is 11.6 Å². The van der Waals surface area contributed by atoms with Crippen molar-refractivity contribution in [3.05, 3.63) is 65.2 Å². The number of ether oxygens (including phenoxy) is 2. The van der Waals surface area contributed by atoms with Crippen LogP contribution in [0.4, 0.5) is 5.82 Å². The van der Waals surface area contributed by atoms with Gasteiger partial charge in [-0.05, 0) is 54.4 Å². The van der Waals surface area contributed by atoms with Crippen LogP contribution in [0.3, 0.4) is 0 Å². The molecule has 40 heavy (non-hydrogen) atoms. The first-order chi connectivity index (χ1) is 19.3. The minimum Gasteiger partial charge on any atom is -0.497 e. The van der Waals surface area contributed by atoms with Crippen molar-refractivity contribution in [1.82, 2.24) is 20.0 Å². The lowest BCUT2D eigenvalue weighted by atomic mass is 10.1. The lowest BCUT2D eigenvalue weighted by molar-refractivity contribution is -0.132. The molecule has 0 saturated carbocycles. The molecule has 0 radical (unpaired) electrons. The number of aromatic nitrogens is 2. The van der Waals surface area contributed by atoms with E-state index in [4.69, 9.17) is 21.1 Å². The van der Waals surface area contributed by atoms with E-state index in [1.165, 1.54) is 0 Å². The van der Waals surface area contributed by atoms with Crippen molar-refractivity contribution in [2.24, 2.45) is 5.92 Å². The second-order valence-electron chi connectivity index (χ2n) is 9.92. The first kappa shape index (κ1) is 29.1. The van der Waals surface area contributed by atoms with Crippen LogP contribution in [0.5, 0.6) is 11.5 Å². The van der Waals surface area contributed by atoms with E-state index in [9.17, 15) is 9.59 Å². The summed E-state index contributed by atoms with van der Waals surface area (Å²) in [5.74, 6) is 2.17. The number of hydrogen-bond donors (Lipinski definition) is 0. The molecule has 1 aliphatic heterocycles. The van der Waals surface area contributed by atoms with Gasteiger partial charge in [0.25, 0.3) is 5.91 Å². The van der Waals surface area contributed by atoms with E-state index in [2.05, 4.69) is 28.9 Å². The van der Waals surface area contributed by atoms with Crippen molar-refractivity contribution < 1.29 is 19.1 Å². The summed E-state index contributed by atoms with van der Waals surface area (Å²) in [5.41, 5.74) is 2.05. The summed E-state index contributed by atoms with van der Waals surface area (Å²) in [6.45, 7) is 7.07. The van der Waals surface area contributed by atoms with Crippen molar-refractivity contribution in [2.75, 3.05) is 58.4 Å². The van der Waals surface area contributed by atoms with E-state index in [1.54, 1.807) is 43.4 Å². The van der Waals surface area contributed by atoms with Gasteiger partial charge in [0.05, 0.1) is 19.9 Å². The number of carbonyl (C=O) groups is 2. The Bertz CT molecular complexity index is 1290. The third-order valence-electron chi connectivity index (χ3n) is 7.22. The zero-order chi connectivity index (χ0) is 28.6. The number of rotatable bonds is 10. The summed E-state index contributed by atoms with van der Waals surface area (Å²) >= 11 is 6.00. The predicted octanol–water partition coefficient (Wildman–Crippen LogP) is 4.65. The molecule has 1 fully saturated rings. The van der Waals surface area contributed by atoms with Gasteiger partial charge < -0.3 is 24.2 Å². The number of carbonyl (C=O) groups excluding carboxylic acids is 2. The lowest BCUT2D eigenvalue weighted by Crippen LogP contribution is -2.52. The van der Waals surface area contributed by atoms with E-state index < -0.39 is 0 Å². The van der Waals surface area contributed by atoms with Crippen molar-refractivity contribution in [3.8, 4) is 22.8 Å². The minimum absolute atomic E-state index is 0.0456. The fraction of sp³-hybridized carbons (Fsp3) is 0.400. The third kappa shape index (κ3) is 7.01. The molecular weight excluding hydrogens is 530 g/mol. The molecule has 2 amide bonds. The zero-order valence-electron chi connectivity index (χ0n) is 23.5. The monoisotopic (exact) mass is 565 g/mol. The summed E-state index contributed by atoms with van der Waals surface area (Å²) in [6.07, 6.45) is 0.919. The zero-order valence-corrected chi connectivity index (χ0v) is 24.2. The number of amides is 2. The Morgan fingerprint density at radius 3 is 2.30 bits per heavy atom. The van der Waals surface area contributed by atoms with Gasteiger partial charge in [-0.15, -0.1) is 10.2 Å². The molecule has 2 aromatic carbocycles. The van der Waals surface area contributed by atoms with Gasteiger partial charge in [0.15, 0.2) is 5.82 Å². The van der Waals surface area contributed by atoms with Gasteiger partial charge in [-0.1, -0.05) is 31.9 Å². The first-order valence-electron chi connectivity index (χ1n) is 13.5. The Hall–Kier alpha value is -3.85. The highest BCUT2D eigenvalue weighted by molar-refractivity contribution is 6.30. The number of methoxy groups -OCH3 is 2. The number of benzene rings is 2. The minimum atomic E-state index is -0.159. The molecule has 1 aromatic heterocycles. The second kappa shape index (κ2) is 13.5. The highest BCUT2D eigenvalue weighted by Crippen LogP contribution is 2.32. The van der Waals surface area contributed by atoms with E-state index in [1.807, 2.05) is 35.2 Å². The molecule has 0 aliphatic carbocycles. The largest absolute Gasteiger partial charge is 0.497 e. The Kier molecular flexibility index (Phi) is 9.82. The Morgan fingerprint density at radius 2 is 1.70 bits per heavy atom. The third-order valence-corrected chi connectivity index (χ3v) is 7.48. The van der Waals surface area contributed by atoms with Crippen LogP contribution in [-0.2, 0) is 4.79 Å². The van der Waals surface area contributed by atoms with Crippen LogP contribution in [0, 0.1) is 5.92 Å². The Labute approximate surface area is 240 Å². The van der Waals surface area contributed by atoms with Gasteiger partial charge in [0.1, 0.15) is 18.0 Å². The number of anilines is 1. The number of hydrogen-bond acceptors (Lipinski definition) is 7. The van der Waals surface area contributed by atoms with Crippen LogP contribution in [0.25, 0.3) is 11.3 Å². The van der Waals surface area contributed by atoms with Gasteiger partial charge in [-0.3, -0.25) is 9.59 Å². The predicted molar refractivity (Wildman–Crippen MR) is 156 cm³/mol.